The smallest absolute Gasteiger partial charge is 0.230 e. The predicted molar refractivity (Wildman–Crippen MR) is 121 cm³/mol. The summed E-state index contributed by atoms with van der Waals surface area (Å²) in [4.78, 5) is 31.3. The topological polar surface area (TPSA) is 80.7 Å². The molecule has 31 heavy (non-hydrogen) atoms. The van der Waals surface area contributed by atoms with E-state index in [0.717, 1.165) is 22.3 Å². The van der Waals surface area contributed by atoms with Gasteiger partial charge in [0.15, 0.2) is 5.78 Å². The van der Waals surface area contributed by atoms with Gasteiger partial charge in [-0.15, -0.1) is 0 Å². The molecular formula is C25H23N5O. The van der Waals surface area contributed by atoms with Gasteiger partial charge in [0.2, 0.25) is 11.9 Å². The van der Waals surface area contributed by atoms with E-state index >= 15 is 0 Å². The van der Waals surface area contributed by atoms with Crippen molar-refractivity contribution in [3.63, 3.8) is 0 Å². The van der Waals surface area contributed by atoms with Crippen molar-refractivity contribution in [2.24, 2.45) is 0 Å². The number of hydrogen-bond donors (Lipinski definition) is 1. The number of para-hydroxylation sites is 1. The maximum absolute atomic E-state index is 12.9. The number of aromatic nitrogens is 4. The summed E-state index contributed by atoms with van der Waals surface area (Å²) in [6, 6.07) is 16.3. The average Bonchev–Trinajstić information content (AvgIpc) is 2.73. The number of aryl methyl sites for hydroxylation is 3. The molecule has 2 aromatic carbocycles. The van der Waals surface area contributed by atoms with Gasteiger partial charge in [-0.05, 0) is 44.7 Å². The van der Waals surface area contributed by atoms with Crippen LogP contribution in [0, 0.1) is 20.8 Å². The normalized spacial score (nSPS) is 15.7. The van der Waals surface area contributed by atoms with Crippen molar-refractivity contribution < 1.29 is 4.79 Å². The van der Waals surface area contributed by atoms with Gasteiger partial charge in [0.05, 0.1) is 28.2 Å². The van der Waals surface area contributed by atoms with Crippen LogP contribution in [-0.4, -0.2) is 25.7 Å². The van der Waals surface area contributed by atoms with E-state index in [9.17, 15) is 4.79 Å². The molecule has 1 unspecified atom stereocenters. The van der Waals surface area contributed by atoms with Crippen LogP contribution in [-0.2, 0) is 6.42 Å². The molecule has 1 atom stereocenters. The van der Waals surface area contributed by atoms with Crippen LogP contribution in [0.4, 0.5) is 11.9 Å². The Balaban J connectivity index is 1.50. The zero-order valence-electron chi connectivity index (χ0n) is 17.8. The first kappa shape index (κ1) is 19.3. The molecule has 1 N–H and O–H groups in total. The molecule has 0 saturated carbocycles. The highest BCUT2D eigenvalue weighted by molar-refractivity contribution is 5.99. The van der Waals surface area contributed by atoms with Gasteiger partial charge in [-0.3, -0.25) is 10.1 Å². The summed E-state index contributed by atoms with van der Waals surface area (Å²) in [6.45, 7) is 5.89. The first-order valence-corrected chi connectivity index (χ1v) is 10.5. The van der Waals surface area contributed by atoms with E-state index in [1.807, 2.05) is 44.2 Å². The van der Waals surface area contributed by atoms with Crippen LogP contribution in [0.2, 0.25) is 0 Å². The number of benzene rings is 2. The number of nitrogens with one attached hydrogen (secondary N) is 1. The maximum atomic E-state index is 12.9. The molecule has 6 heteroatoms. The van der Waals surface area contributed by atoms with Crippen molar-refractivity contribution in [3.8, 4) is 0 Å². The number of nitrogens with zero attached hydrogens (tertiary/aromatic N) is 4. The SMILES string of the molecule is Cc1cccc(C2CC(=O)c3c(C)nc(Nc4nc(C)c5ccccc5n4)nc3C2)c1. The number of hydrogen-bond acceptors (Lipinski definition) is 6. The lowest BCUT2D eigenvalue weighted by Crippen LogP contribution is -2.23. The Hall–Kier alpha value is -3.67. The van der Waals surface area contributed by atoms with Gasteiger partial charge in [-0.2, -0.15) is 0 Å². The fourth-order valence-corrected chi connectivity index (χ4v) is 4.38. The number of carbonyl (C=O) groups is 1. The Morgan fingerprint density at radius 3 is 2.45 bits per heavy atom. The molecule has 0 radical (unpaired) electrons. The van der Waals surface area contributed by atoms with Crippen LogP contribution in [0.5, 0.6) is 0 Å². The highest BCUT2D eigenvalue weighted by atomic mass is 16.1. The molecule has 0 saturated heterocycles. The van der Waals surface area contributed by atoms with E-state index in [4.69, 9.17) is 4.98 Å². The largest absolute Gasteiger partial charge is 0.294 e. The van der Waals surface area contributed by atoms with Crippen LogP contribution in [0.3, 0.4) is 0 Å². The zero-order chi connectivity index (χ0) is 21.5. The Morgan fingerprint density at radius 1 is 0.839 bits per heavy atom. The summed E-state index contributed by atoms with van der Waals surface area (Å²) >= 11 is 0. The Morgan fingerprint density at radius 2 is 1.61 bits per heavy atom. The van der Waals surface area contributed by atoms with E-state index in [1.54, 1.807) is 0 Å². The standard InChI is InChI=1S/C25H23N5O/c1-14-7-6-8-17(11-14)18-12-21-23(22(31)13-18)16(3)27-25(29-21)30-24-26-15(2)19-9-4-5-10-20(19)28-24/h4-11,18H,12-13H2,1-3H3,(H,26,27,28,29,30). The summed E-state index contributed by atoms with van der Waals surface area (Å²) in [6.07, 6.45) is 1.20. The summed E-state index contributed by atoms with van der Waals surface area (Å²) < 4.78 is 0. The Bertz CT molecular complexity index is 1330. The summed E-state index contributed by atoms with van der Waals surface area (Å²) in [7, 11) is 0. The van der Waals surface area contributed by atoms with Crippen molar-refractivity contribution in [3.05, 3.63) is 82.3 Å². The van der Waals surface area contributed by atoms with E-state index in [1.165, 1.54) is 11.1 Å². The number of anilines is 2. The molecule has 154 valence electrons. The van der Waals surface area contributed by atoms with Crippen LogP contribution in [0.15, 0.2) is 48.5 Å². The van der Waals surface area contributed by atoms with Crippen molar-refractivity contribution in [2.75, 3.05) is 5.32 Å². The third-order valence-electron chi connectivity index (χ3n) is 5.85. The maximum Gasteiger partial charge on any atom is 0.230 e. The summed E-state index contributed by atoms with van der Waals surface area (Å²) in [5, 5.41) is 4.17. The van der Waals surface area contributed by atoms with Crippen molar-refractivity contribution >= 4 is 28.6 Å². The summed E-state index contributed by atoms with van der Waals surface area (Å²) in [5.41, 5.74) is 6.26. The van der Waals surface area contributed by atoms with Crippen LogP contribution in [0.25, 0.3) is 10.9 Å². The lowest BCUT2D eigenvalue weighted by molar-refractivity contribution is 0.0962. The average molecular weight is 409 g/mol. The second kappa shape index (κ2) is 7.54. The first-order valence-electron chi connectivity index (χ1n) is 10.5. The molecule has 0 amide bonds. The highest BCUT2D eigenvalue weighted by Gasteiger charge is 2.30. The minimum Gasteiger partial charge on any atom is -0.294 e. The van der Waals surface area contributed by atoms with Crippen LogP contribution < -0.4 is 5.32 Å². The van der Waals surface area contributed by atoms with E-state index in [2.05, 4.69) is 45.4 Å². The minimum absolute atomic E-state index is 0.106. The number of Topliss-reactive ketones (excluding diaryl/α,β-unsaturated/α-hetero) is 1. The third-order valence-corrected chi connectivity index (χ3v) is 5.85. The fourth-order valence-electron chi connectivity index (χ4n) is 4.38. The lowest BCUT2D eigenvalue weighted by Gasteiger charge is -2.25. The molecule has 0 bridgehead atoms. The second-order valence-electron chi connectivity index (χ2n) is 8.17. The molecule has 0 fully saturated rings. The van der Waals surface area contributed by atoms with Gasteiger partial charge in [0.25, 0.3) is 0 Å². The molecule has 0 spiro atoms. The van der Waals surface area contributed by atoms with Gasteiger partial charge in [-0.25, -0.2) is 19.9 Å². The molecule has 1 aliphatic carbocycles. The van der Waals surface area contributed by atoms with E-state index in [-0.39, 0.29) is 11.7 Å². The van der Waals surface area contributed by atoms with Gasteiger partial charge >= 0.3 is 0 Å². The zero-order valence-corrected chi connectivity index (χ0v) is 17.8. The fraction of sp³-hybridized carbons (Fsp3) is 0.240. The first-order chi connectivity index (χ1) is 15.0. The second-order valence-corrected chi connectivity index (χ2v) is 8.17. The molecule has 2 heterocycles. The molecular weight excluding hydrogens is 386 g/mol. The number of fused-ring (bicyclic) bond motifs is 2. The van der Waals surface area contributed by atoms with Crippen molar-refractivity contribution in [2.45, 2.75) is 39.5 Å². The molecule has 4 aromatic rings. The number of ketones is 1. The number of rotatable bonds is 3. The quantitative estimate of drug-likeness (QED) is 0.513. The lowest BCUT2D eigenvalue weighted by atomic mass is 9.81. The molecule has 5 rings (SSSR count). The predicted octanol–water partition coefficient (Wildman–Crippen LogP) is 5.00. The number of carbonyl (C=O) groups excluding carboxylic acids is 1. The third kappa shape index (κ3) is 3.65. The minimum atomic E-state index is 0.106. The van der Waals surface area contributed by atoms with E-state index < -0.39 is 0 Å². The van der Waals surface area contributed by atoms with Gasteiger partial charge in [0, 0.05) is 11.8 Å². The van der Waals surface area contributed by atoms with Crippen molar-refractivity contribution in [1.29, 1.82) is 0 Å². The highest BCUT2D eigenvalue weighted by Crippen LogP contribution is 2.34. The summed E-state index contributed by atoms with van der Waals surface area (Å²) in [5.74, 6) is 1.10. The molecule has 2 aromatic heterocycles. The molecule has 1 aliphatic rings. The van der Waals surface area contributed by atoms with Crippen LogP contribution in [0.1, 0.15) is 50.9 Å². The Kier molecular flexibility index (Phi) is 4.70. The Labute approximate surface area is 180 Å². The molecule has 0 aliphatic heterocycles. The van der Waals surface area contributed by atoms with Gasteiger partial charge in [0.1, 0.15) is 0 Å². The van der Waals surface area contributed by atoms with Crippen LogP contribution >= 0.6 is 0 Å². The van der Waals surface area contributed by atoms with Gasteiger partial charge < -0.3 is 0 Å². The monoisotopic (exact) mass is 409 g/mol. The van der Waals surface area contributed by atoms with Gasteiger partial charge in [-0.1, -0.05) is 48.0 Å². The van der Waals surface area contributed by atoms with Crippen molar-refractivity contribution in [1.82, 2.24) is 19.9 Å². The molecule has 6 nitrogen and oxygen atoms in total. The van der Waals surface area contributed by atoms with E-state index in [0.29, 0.717) is 36.0 Å².